The maximum absolute atomic E-state index is 12.9. The van der Waals surface area contributed by atoms with Crippen LogP contribution in [0.5, 0.6) is 0 Å². The Balaban J connectivity index is 1.58. The second-order valence-corrected chi connectivity index (χ2v) is 8.07. The average molecular weight is 420 g/mol. The monoisotopic (exact) mass is 419 g/mol. The quantitative estimate of drug-likeness (QED) is 0.551. The first-order valence-electron chi connectivity index (χ1n) is 10.7. The van der Waals surface area contributed by atoms with E-state index in [1.54, 1.807) is 0 Å². The van der Waals surface area contributed by atoms with Crippen LogP contribution < -0.4 is 10.6 Å². The number of para-hydroxylation sites is 1. The molecule has 0 bridgehead atoms. The number of carbonyl (C=O) groups is 1. The van der Waals surface area contributed by atoms with Crippen LogP contribution in [0.25, 0.3) is 10.9 Å². The van der Waals surface area contributed by atoms with Crippen molar-refractivity contribution in [2.45, 2.75) is 26.4 Å². The number of nitrogens with one attached hydrogen (secondary N) is 2. The first-order chi connectivity index (χ1) is 15.0. The van der Waals surface area contributed by atoms with Gasteiger partial charge in [-0.15, -0.1) is 0 Å². The van der Waals surface area contributed by atoms with Crippen molar-refractivity contribution in [2.75, 3.05) is 44.4 Å². The van der Waals surface area contributed by atoms with Gasteiger partial charge in [-0.05, 0) is 38.2 Å². The third-order valence-corrected chi connectivity index (χ3v) is 5.29. The van der Waals surface area contributed by atoms with Crippen molar-refractivity contribution in [3.63, 3.8) is 0 Å². The zero-order valence-corrected chi connectivity index (χ0v) is 18.4. The van der Waals surface area contributed by atoms with Crippen LogP contribution in [0, 0.1) is 0 Å². The summed E-state index contributed by atoms with van der Waals surface area (Å²) in [5, 5.41) is 7.78. The molecule has 31 heavy (non-hydrogen) atoms. The van der Waals surface area contributed by atoms with Crippen LogP contribution in [0.1, 0.15) is 35.0 Å². The topological polar surface area (TPSA) is 86.3 Å². The lowest BCUT2D eigenvalue weighted by atomic mass is 10.1. The predicted molar refractivity (Wildman–Crippen MR) is 123 cm³/mol. The molecule has 0 saturated heterocycles. The summed E-state index contributed by atoms with van der Waals surface area (Å²) in [4.78, 5) is 30.5. The SMILES string of the molecule is CCCN1Cc2c(NCc3cnc4ccccc4c3)nc(NCCN(C)C)nc2C1=O. The van der Waals surface area contributed by atoms with Crippen LogP contribution >= 0.6 is 0 Å². The molecule has 1 aromatic carbocycles. The molecule has 0 unspecified atom stereocenters. The number of likely N-dealkylation sites (N-methyl/N-ethyl adjacent to an activating group) is 1. The molecular formula is C23H29N7O. The van der Waals surface area contributed by atoms with E-state index in [0.29, 0.717) is 43.6 Å². The summed E-state index contributed by atoms with van der Waals surface area (Å²) in [5.41, 5.74) is 3.39. The second kappa shape index (κ2) is 9.26. The molecule has 8 nitrogen and oxygen atoms in total. The Morgan fingerprint density at radius 3 is 2.81 bits per heavy atom. The van der Waals surface area contributed by atoms with Gasteiger partial charge in [0, 0.05) is 43.3 Å². The van der Waals surface area contributed by atoms with Crippen molar-refractivity contribution in [1.29, 1.82) is 0 Å². The summed E-state index contributed by atoms with van der Waals surface area (Å²) < 4.78 is 0. The first kappa shape index (κ1) is 21.0. The fraction of sp³-hybridized carbons (Fsp3) is 0.391. The van der Waals surface area contributed by atoms with Gasteiger partial charge in [-0.3, -0.25) is 9.78 Å². The van der Waals surface area contributed by atoms with Crippen LogP contribution in [0.15, 0.2) is 36.5 Å². The third-order valence-electron chi connectivity index (χ3n) is 5.29. The number of fused-ring (bicyclic) bond motifs is 2. The molecule has 0 radical (unpaired) electrons. The minimum absolute atomic E-state index is 0.0228. The van der Waals surface area contributed by atoms with Crippen LogP contribution in [-0.4, -0.2) is 64.4 Å². The van der Waals surface area contributed by atoms with Crippen LogP contribution in [-0.2, 0) is 13.1 Å². The van der Waals surface area contributed by atoms with Crippen molar-refractivity contribution in [2.24, 2.45) is 0 Å². The van der Waals surface area contributed by atoms with Gasteiger partial charge in [-0.25, -0.2) is 4.98 Å². The van der Waals surface area contributed by atoms with E-state index < -0.39 is 0 Å². The van der Waals surface area contributed by atoms with E-state index in [-0.39, 0.29) is 5.91 Å². The number of nitrogens with zero attached hydrogens (tertiary/aromatic N) is 5. The fourth-order valence-electron chi connectivity index (χ4n) is 3.69. The minimum atomic E-state index is -0.0228. The highest BCUT2D eigenvalue weighted by atomic mass is 16.2. The summed E-state index contributed by atoms with van der Waals surface area (Å²) in [6, 6.07) is 10.2. The Morgan fingerprint density at radius 2 is 2.00 bits per heavy atom. The van der Waals surface area contributed by atoms with Crippen molar-refractivity contribution < 1.29 is 4.79 Å². The van der Waals surface area contributed by atoms with Gasteiger partial charge in [-0.2, -0.15) is 4.98 Å². The number of carbonyl (C=O) groups excluding carboxylic acids is 1. The molecule has 4 rings (SSSR count). The maximum atomic E-state index is 12.9. The van der Waals surface area contributed by atoms with E-state index in [0.717, 1.165) is 35.0 Å². The Labute approximate surface area is 182 Å². The Kier molecular flexibility index (Phi) is 6.27. The molecule has 0 atom stereocenters. The van der Waals surface area contributed by atoms with Gasteiger partial charge in [-0.1, -0.05) is 25.1 Å². The summed E-state index contributed by atoms with van der Waals surface area (Å²) in [6.07, 6.45) is 2.79. The zero-order valence-electron chi connectivity index (χ0n) is 18.4. The fourth-order valence-corrected chi connectivity index (χ4v) is 3.69. The van der Waals surface area contributed by atoms with Gasteiger partial charge >= 0.3 is 0 Å². The zero-order chi connectivity index (χ0) is 21.8. The molecule has 8 heteroatoms. The highest BCUT2D eigenvalue weighted by molar-refractivity contribution is 5.98. The predicted octanol–water partition coefficient (Wildman–Crippen LogP) is 2.98. The molecule has 1 aliphatic heterocycles. The smallest absolute Gasteiger partial charge is 0.273 e. The highest BCUT2D eigenvalue weighted by Gasteiger charge is 2.32. The minimum Gasteiger partial charge on any atom is -0.365 e. The van der Waals surface area contributed by atoms with Gasteiger partial charge in [0.25, 0.3) is 5.91 Å². The average Bonchev–Trinajstić information content (AvgIpc) is 3.08. The normalized spacial score (nSPS) is 13.2. The van der Waals surface area contributed by atoms with E-state index >= 15 is 0 Å². The first-order valence-corrected chi connectivity index (χ1v) is 10.7. The molecule has 0 spiro atoms. The summed E-state index contributed by atoms with van der Waals surface area (Å²) in [7, 11) is 4.03. The summed E-state index contributed by atoms with van der Waals surface area (Å²) >= 11 is 0. The number of aromatic nitrogens is 3. The van der Waals surface area contributed by atoms with Crippen molar-refractivity contribution in [3.05, 3.63) is 53.3 Å². The number of anilines is 2. The van der Waals surface area contributed by atoms with E-state index in [4.69, 9.17) is 4.98 Å². The van der Waals surface area contributed by atoms with E-state index in [9.17, 15) is 4.79 Å². The lowest BCUT2D eigenvalue weighted by Crippen LogP contribution is -2.25. The van der Waals surface area contributed by atoms with Gasteiger partial charge in [0.1, 0.15) is 11.5 Å². The molecule has 1 amide bonds. The van der Waals surface area contributed by atoms with Gasteiger partial charge in [0.2, 0.25) is 5.95 Å². The lowest BCUT2D eigenvalue weighted by Gasteiger charge is -2.14. The van der Waals surface area contributed by atoms with Gasteiger partial charge < -0.3 is 20.4 Å². The summed E-state index contributed by atoms with van der Waals surface area (Å²) in [5.74, 6) is 1.16. The number of hydrogen-bond acceptors (Lipinski definition) is 7. The van der Waals surface area contributed by atoms with Crippen molar-refractivity contribution in [1.82, 2.24) is 24.8 Å². The molecule has 0 fully saturated rings. The Morgan fingerprint density at radius 1 is 1.16 bits per heavy atom. The van der Waals surface area contributed by atoms with E-state index in [1.165, 1.54) is 0 Å². The second-order valence-electron chi connectivity index (χ2n) is 8.07. The van der Waals surface area contributed by atoms with Gasteiger partial charge in [0.15, 0.2) is 0 Å². The highest BCUT2D eigenvalue weighted by Crippen LogP contribution is 2.28. The third kappa shape index (κ3) is 4.74. The molecule has 1 aliphatic rings. The standard InChI is InChI=1S/C23H29N7O/c1-4-10-30-15-18-20(22(30)31)27-23(24-9-11-29(2)3)28-21(18)26-14-16-12-17-7-5-6-8-19(17)25-13-16/h5-8,12-13H,4,9-11,14-15H2,1-3H3,(H2,24,26,27,28). The molecule has 2 aromatic heterocycles. The van der Waals surface area contributed by atoms with Crippen LogP contribution in [0.4, 0.5) is 11.8 Å². The maximum Gasteiger partial charge on any atom is 0.273 e. The van der Waals surface area contributed by atoms with Crippen molar-refractivity contribution >= 4 is 28.6 Å². The number of amides is 1. The number of hydrogen-bond donors (Lipinski definition) is 2. The largest absolute Gasteiger partial charge is 0.365 e. The molecule has 2 N–H and O–H groups in total. The molecule has 0 saturated carbocycles. The number of benzene rings is 1. The lowest BCUT2D eigenvalue weighted by molar-refractivity contribution is 0.0774. The molecule has 0 aliphatic carbocycles. The summed E-state index contributed by atoms with van der Waals surface area (Å²) in [6.45, 7) is 5.45. The van der Waals surface area contributed by atoms with Crippen LogP contribution in [0.3, 0.4) is 0 Å². The molecule has 3 heterocycles. The Bertz CT molecular complexity index is 1080. The molecule has 162 valence electrons. The van der Waals surface area contributed by atoms with Gasteiger partial charge in [0.05, 0.1) is 12.1 Å². The number of pyridine rings is 1. The van der Waals surface area contributed by atoms with E-state index in [1.807, 2.05) is 43.4 Å². The van der Waals surface area contributed by atoms with Crippen molar-refractivity contribution in [3.8, 4) is 0 Å². The number of rotatable bonds is 9. The Hall–Kier alpha value is -3.26. The molecular weight excluding hydrogens is 390 g/mol. The van der Waals surface area contributed by atoms with Crippen LogP contribution in [0.2, 0.25) is 0 Å². The van der Waals surface area contributed by atoms with E-state index in [2.05, 4.69) is 44.6 Å². The molecule has 3 aromatic rings.